The van der Waals surface area contributed by atoms with E-state index in [2.05, 4.69) is 15.4 Å². The molecule has 0 saturated heterocycles. The number of hydrogen-bond acceptors (Lipinski definition) is 4. The summed E-state index contributed by atoms with van der Waals surface area (Å²) in [5.41, 5.74) is 2.08. The highest BCUT2D eigenvalue weighted by atomic mass is 16.5. The Morgan fingerprint density at radius 1 is 1.35 bits per heavy atom. The van der Waals surface area contributed by atoms with Crippen molar-refractivity contribution in [2.75, 3.05) is 13.1 Å². The summed E-state index contributed by atoms with van der Waals surface area (Å²) in [5, 5.41) is 7.47. The fraction of sp³-hybridized carbons (Fsp3) is 0.333. The van der Waals surface area contributed by atoms with E-state index >= 15 is 0 Å². The fourth-order valence-corrected chi connectivity index (χ4v) is 2.21. The van der Waals surface area contributed by atoms with E-state index in [-0.39, 0.29) is 0 Å². The Kier molecular flexibility index (Phi) is 3.67. The van der Waals surface area contributed by atoms with E-state index in [1.165, 1.54) is 0 Å². The molecule has 0 bridgehead atoms. The second kappa shape index (κ2) is 5.77. The monoisotopic (exact) mass is 270 g/mol. The Hall–Kier alpha value is -2.30. The molecule has 0 unspecified atom stereocenters. The van der Waals surface area contributed by atoms with Gasteiger partial charge in [-0.3, -0.25) is 9.67 Å². The van der Waals surface area contributed by atoms with Crippen molar-refractivity contribution in [3.63, 3.8) is 0 Å². The molecule has 1 aromatic heterocycles. The zero-order valence-corrected chi connectivity index (χ0v) is 11.5. The Morgan fingerprint density at radius 2 is 2.25 bits per heavy atom. The van der Waals surface area contributed by atoms with Gasteiger partial charge in [-0.2, -0.15) is 5.10 Å². The smallest absolute Gasteiger partial charge is 0.132 e. The molecular formula is C15H18N4O. The molecule has 104 valence electrons. The van der Waals surface area contributed by atoms with Gasteiger partial charge in [-0.25, -0.2) is 0 Å². The van der Waals surface area contributed by atoms with Crippen LogP contribution in [0, 0.1) is 0 Å². The van der Waals surface area contributed by atoms with Gasteiger partial charge < -0.3 is 10.1 Å². The fourth-order valence-electron chi connectivity index (χ4n) is 2.21. The molecule has 0 spiro atoms. The van der Waals surface area contributed by atoms with Gasteiger partial charge in [0.1, 0.15) is 18.2 Å². The quantitative estimate of drug-likeness (QED) is 0.920. The summed E-state index contributed by atoms with van der Waals surface area (Å²) in [5.74, 6) is 1.78. The van der Waals surface area contributed by atoms with Crippen molar-refractivity contribution in [3.05, 3.63) is 47.8 Å². The minimum Gasteiger partial charge on any atom is -0.488 e. The van der Waals surface area contributed by atoms with E-state index in [0.717, 1.165) is 42.2 Å². The standard InChI is InChI=1S/C15H18N4O/c1-19-10-12(9-18-19)11-20-14-6-3-2-5-13(14)15-16-7-4-8-17-15/h2-3,5-6,9-10H,4,7-8,11H2,1H3,(H,16,17). The summed E-state index contributed by atoms with van der Waals surface area (Å²) >= 11 is 0. The Bertz CT molecular complexity index is 618. The zero-order chi connectivity index (χ0) is 13.8. The van der Waals surface area contributed by atoms with Gasteiger partial charge in [0.15, 0.2) is 0 Å². The maximum atomic E-state index is 5.92. The molecule has 5 heteroatoms. The number of aryl methyl sites for hydroxylation is 1. The number of aliphatic imine (C=N–C) groups is 1. The molecule has 1 aromatic carbocycles. The Labute approximate surface area is 118 Å². The van der Waals surface area contributed by atoms with Gasteiger partial charge in [0.2, 0.25) is 0 Å². The lowest BCUT2D eigenvalue weighted by molar-refractivity contribution is 0.305. The lowest BCUT2D eigenvalue weighted by atomic mass is 10.1. The molecule has 0 radical (unpaired) electrons. The average Bonchev–Trinajstić information content (AvgIpc) is 2.92. The SMILES string of the molecule is Cn1cc(COc2ccccc2C2=NCCCN2)cn1. The van der Waals surface area contributed by atoms with Crippen molar-refractivity contribution in [3.8, 4) is 5.75 Å². The summed E-state index contributed by atoms with van der Waals surface area (Å²) in [6.45, 7) is 2.35. The first kappa shape index (κ1) is 12.7. The number of para-hydroxylation sites is 1. The van der Waals surface area contributed by atoms with E-state index in [1.807, 2.05) is 43.7 Å². The van der Waals surface area contributed by atoms with Crippen molar-refractivity contribution in [2.24, 2.45) is 12.0 Å². The van der Waals surface area contributed by atoms with Gasteiger partial charge in [0.05, 0.1) is 11.8 Å². The first-order valence-electron chi connectivity index (χ1n) is 6.81. The van der Waals surface area contributed by atoms with Crippen LogP contribution >= 0.6 is 0 Å². The summed E-state index contributed by atoms with van der Waals surface area (Å²) in [7, 11) is 1.90. The first-order chi connectivity index (χ1) is 9.83. The highest BCUT2D eigenvalue weighted by Crippen LogP contribution is 2.20. The highest BCUT2D eigenvalue weighted by Gasteiger charge is 2.12. The molecule has 0 atom stereocenters. The molecule has 1 aliphatic rings. The summed E-state index contributed by atoms with van der Waals surface area (Å²) in [6, 6.07) is 8.00. The Balaban J connectivity index is 1.77. The summed E-state index contributed by atoms with van der Waals surface area (Å²) in [4.78, 5) is 4.53. The van der Waals surface area contributed by atoms with Crippen LogP contribution in [-0.4, -0.2) is 28.7 Å². The third-order valence-electron chi connectivity index (χ3n) is 3.19. The molecule has 3 rings (SSSR count). The molecule has 0 saturated carbocycles. The third kappa shape index (κ3) is 2.82. The van der Waals surface area contributed by atoms with Crippen LogP contribution in [0.1, 0.15) is 17.5 Å². The van der Waals surface area contributed by atoms with Crippen LogP contribution in [-0.2, 0) is 13.7 Å². The number of ether oxygens (including phenoxy) is 1. The summed E-state index contributed by atoms with van der Waals surface area (Å²) < 4.78 is 7.69. The number of hydrogen-bond donors (Lipinski definition) is 1. The molecule has 20 heavy (non-hydrogen) atoms. The third-order valence-corrected chi connectivity index (χ3v) is 3.19. The lowest BCUT2D eigenvalue weighted by Crippen LogP contribution is -2.30. The van der Waals surface area contributed by atoms with Crippen LogP contribution in [0.4, 0.5) is 0 Å². The van der Waals surface area contributed by atoms with E-state index in [9.17, 15) is 0 Å². The number of nitrogens with one attached hydrogen (secondary N) is 1. The minimum atomic E-state index is 0.512. The second-order valence-electron chi connectivity index (χ2n) is 4.82. The molecule has 0 aliphatic carbocycles. The van der Waals surface area contributed by atoms with Gasteiger partial charge in [-0.15, -0.1) is 0 Å². The molecule has 2 aromatic rings. The van der Waals surface area contributed by atoms with Crippen LogP contribution in [0.25, 0.3) is 0 Å². The maximum absolute atomic E-state index is 5.92. The van der Waals surface area contributed by atoms with E-state index < -0.39 is 0 Å². The molecular weight excluding hydrogens is 252 g/mol. The number of aromatic nitrogens is 2. The minimum absolute atomic E-state index is 0.512. The number of benzene rings is 1. The van der Waals surface area contributed by atoms with Crippen molar-refractivity contribution < 1.29 is 4.74 Å². The number of amidine groups is 1. The predicted octanol–water partition coefficient (Wildman–Crippen LogP) is 1.74. The molecule has 1 aliphatic heterocycles. The predicted molar refractivity (Wildman–Crippen MR) is 78.0 cm³/mol. The molecule has 2 heterocycles. The van der Waals surface area contributed by atoms with Crippen LogP contribution in [0.15, 0.2) is 41.7 Å². The van der Waals surface area contributed by atoms with Crippen LogP contribution < -0.4 is 10.1 Å². The number of nitrogens with zero attached hydrogens (tertiary/aromatic N) is 3. The van der Waals surface area contributed by atoms with Gasteiger partial charge in [-0.1, -0.05) is 12.1 Å². The topological polar surface area (TPSA) is 51.4 Å². The molecule has 1 N–H and O–H groups in total. The largest absolute Gasteiger partial charge is 0.488 e. The van der Waals surface area contributed by atoms with Crippen molar-refractivity contribution in [1.82, 2.24) is 15.1 Å². The van der Waals surface area contributed by atoms with Crippen molar-refractivity contribution in [2.45, 2.75) is 13.0 Å². The van der Waals surface area contributed by atoms with Gasteiger partial charge in [0.25, 0.3) is 0 Å². The lowest BCUT2D eigenvalue weighted by Gasteiger charge is -2.17. The van der Waals surface area contributed by atoms with Crippen LogP contribution in [0.2, 0.25) is 0 Å². The van der Waals surface area contributed by atoms with Gasteiger partial charge >= 0.3 is 0 Å². The van der Waals surface area contributed by atoms with Gasteiger partial charge in [-0.05, 0) is 18.6 Å². The average molecular weight is 270 g/mol. The van der Waals surface area contributed by atoms with Crippen molar-refractivity contribution >= 4 is 5.84 Å². The van der Waals surface area contributed by atoms with Crippen LogP contribution in [0.5, 0.6) is 5.75 Å². The van der Waals surface area contributed by atoms with Gasteiger partial charge in [0, 0.05) is 31.9 Å². The van der Waals surface area contributed by atoms with Crippen molar-refractivity contribution in [1.29, 1.82) is 0 Å². The zero-order valence-electron chi connectivity index (χ0n) is 11.5. The van der Waals surface area contributed by atoms with E-state index in [0.29, 0.717) is 6.61 Å². The summed E-state index contributed by atoms with van der Waals surface area (Å²) in [6.07, 6.45) is 4.86. The highest BCUT2D eigenvalue weighted by molar-refractivity contribution is 6.01. The van der Waals surface area contributed by atoms with E-state index in [1.54, 1.807) is 4.68 Å². The van der Waals surface area contributed by atoms with Crippen LogP contribution in [0.3, 0.4) is 0 Å². The molecule has 0 fully saturated rings. The second-order valence-corrected chi connectivity index (χ2v) is 4.82. The Morgan fingerprint density at radius 3 is 3.00 bits per heavy atom. The molecule has 0 amide bonds. The normalized spacial score (nSPS) is 14.6. The molecule has 5 nitrogen and oxygen atoms in total. The number of rotatable bonds is 4. The van der Waals surface area contributed by atoms with E-state index in [4.69, 9.17) is 4.74 Å². The maximum Gasteiger partial charge on any atom is 0.132 e. The first-order valence-corrected chi connectivity index (χ1v) is 6.81.